The third-order valence-corrected chi connectivity index (χ3v) is 2.19. The molecule has 2 nitrogen and oxygen atoms in total. The van der Waals surface area contributed by atoms with Crippen molar-refractivity contribution in [1.82, 2.24) is 4.98 Å². The molecule has 0 aliphatic carbocycles. The van der Waals surface area contributed by atoms with Gasteiger partial charge in [-0.05, 0) is 30.9 Å². The molecule has 0 atom stereocenters. The van der Waals surface area contributed by atoms with Crippen LogP contribution in [0.2, 0.25) is 0 Å². The smallest absolute Gasteiger partial charge is 0.140 e. The Bertz CT molecular complexity index is 284. The quantitative estimate of drug-likeness (QED) is 0.712. The molecule has 1 heterocycles. The van der Waals surface area contributed by atoms with Crippen LogP contribution in [-0.4, -0.2) is 11.6 Å². The molecule has 1 rings (SSSR count). The number of aryl methyl sites for hydroxylation is 1. The second-order valence-electron chi connectivity index (χ2n) is 4.26. The zero-order valence-corrected chi connectivity index (χ0v) is 9.99. The van der Waals surface area contributed by atoms with Crippen LogP contribution in [0.15, 0.2) is 18.3 Å². The Hall–Kier alpha value is -1.05. The number of ether oxygens (including phenoxy) is 1. The molecule has 0 N–H and O–H groups in total. The minimum atomic E-state index is 0.559. The lowest BCUT2D eigenvalue weighted by molar-refractivity contribution is 0.267. The molecular formula is C13H21NO. The van der Waals surface area contributed by atoms with Gasteiger partial charge in [0.25, 0.3) is 0 Å². The zero-order chi connectivity index (χ0) is 11.1. The van der Waals surface area contributed by atoms with Crippen molar-refractivity contribution >= 4 is 0 Å². The van der Waals surface area contributed by atoms with Gasteiger partial charge in [0.1, 0.15) is 5.75 Å². The van der Waals surface area contributed by atoms with Gasteiger partial charge < -0.3 is 4.74 Å². The normalized spacial score (nSPS) is 10.7. The number of nitrogens with zero attached hydrogens (tertiary/aromatic N) is 1. The first-order valence-corrected chi connectivity index (χ1v) is 5.80. The molecule has 0 spiro atoms. The van der Waals surface area contributed by atoms with E-state index in [9.17, 15) is 0 Å². The van der Waals surface area contributed by atoms with E-state index in [1.54, 1.807) is 0 Å². The standard InChI is InChI=1S/C13H21NO/c1-4-5-7-12-13(8-6-9-14-12)15-10-11(2)3/h6,8-9,11H,4-5,7,10H2,1-3H3. The maximum atomic E-state index is 5.73. The van der Waals surface area contributed by atoms with Crippen molar-refractivity contribution < 1.29 is 4.74 Å². The summed E-state index contributed by atoms with van der Waals surface area (Å²) in [5.41, 5.74) is 1.10. The Labute approximate surface area is 92.7 Å². The van der Waals surface area contributed by atoms with Gasteiger partial charge >= 0.3 is 0 Å². The van der Waals surface area contributed by atoms with Gasteiger partial charge in [-0.3, -0.25) is 4.98 Å². The van der Waals surface area contributed by atoms with Gasteiger partial charge in [0.15, 0.2) is 0 Å². The van der Waals surface area contributed by atoms with Crippen LogP contribution < -0.4 is 4.74 Å². The molecule has 84 valence electrons. The van der Waals surface area contributed by atoms with Gasteiger partial charge in [0.05, 0.1) is 12.3 Å². The summed E-state index contributed by atoms with van der Waals surface area (Å²) in [6, 6.07) is 3.95. The largest absolute Gasteiger partial charge is 0.491 e. The Morgan fingerprint density at radius 3 is 2.87 bits per heavy atom. The van der Waals surface area contributed by atoms with Gasteiger partial charge in [-0.15, -0.1) is 0 Å². The van der Waals surface area contributed by atoms with Crippen LogP contribution in [0.25, 0.3) is 0 Å². The highest BCUT2D eigenvalue weighted by Crippen LogP contribution is 2.18. The molecule has 1 aromatic rings. The number of unbranched alkanes of at least 4 members (excludes halogenated alkanes) is 1. The lowest BCUT2D eigenvalue weighted by Crippen LogP contribution is -2.07. The molecule has 15 heavy (non-hydrogen) atoms. The maximum absolute atomic E-state index is 5.73. The number of rotatable bonds is 6. The molecule has 0 saturated carbocycles. The summed E-state index contributed by atoms with van der Waals surface area (Å²) in [4.78, 5) is 4.37. The average Bonchev–Trinajstić information content (AvgIpc) is 2.24. The van der Waals surface area contributed by atoms with Crippen molar-refractivity contribution in [3.63, 3.8) is 0 Å². The fourth-order valence-electron chi connectivity index (χ4n) is 1.34. The van der Waals surface area contributed by atoms with Crippen LogP contribution >= 0.6 is 0 Å². The molecule has 0 radical (unpaired) electrons. The molecule has 1 aromatic heterocycles. The van der Waals surface area contributed by atoms with E-state index in [2.05, 4.69) is 25.8 Å². The Morgan fingerprint density at radius 1 is 1.40 bits per heavy atom. The lowest BCUT2D eigenvalue weighted by atomic mass is 10.2. The molecule has 0 bridgehead atoms. The van der Waals surface area contributed by atoms with E-state index in [0.29, 0.717) is 5.92 Å². The number of hydrogen-bond acceptors (Lipinski definition) is 2. The number of pyridine rings is 1. The first-order valence-electron chi connectivity index (χ1n) is 5.80. The second kappa shape index (κ2) is 6.44. The van der Waals surface area contributed by atoms with Crippen molar-refractivity contribution in [1.29, 1.82) is 0 Å². The summed E-state index contributed by atoms with van der Waals surface area (Å²) in [7, 11) is 0. The molecule has 2 heteroatoms. The first kappa shape index (κ1) is 12.0. The monoisotopic (exact) mass is 207 g/mol. The second-order valence-corrected chi connectivity index (χ2v) is 4.26. The van der Waals surface area contributed by atoms with Crippen molar-refractivity contribution in [2.45, 2.75) is 40.0 Å². The molecule has 0 amide bonds. The first-order chi connectivity index (χ1) is 7.24. The molecule has 0 saturated heterocycles. The van der Waals surface area contributed by atoms with E-state index < -0.39 is 0 Å². The number of aromatic nitrogens is 1. The van der Waals surface area contributed by atoms with Crippen LogP contribution in [0, 0.1) is 5.92 Å². The predicted octanol–water partition coefficient (Wildman–Crippen LogP) is 3.46. The van der Waals surface area contributed by atoms with Crippen LogP contribution in [0.1, 0.15) is 39.3 Å². The van der Waals surface area contributed by atoms with Crippen molar-refractivity contribution in [2.24, 2.45) is 5.92 Å². The minimum absolute atomic E-state index is 0.559. The summed E-state index contributed by atoms with van der Waals surface area (Å²) >= 11 is 0. The van der Waals surface area contributed by atoms with Crippen molar-refractivity contribution in [3.8, 4) is 5.75 Å². The molecule has 0 aliphatic rings. The van der Waals surface area contributed by atoms with Gasteiger partial charge in [0, 0.05) is 6.20 Å². The van der Waals surface area contributed by atoms with Crippen LogP contribution in [0.3, 0.4) is 0 Å². The average molecular weight is 207 g/mol. The van der Waals surface area contributed by atoms with Gasteiger partial charge in [-0.25, -0.2) is 0 Å². The summed E-state index contributed by atoms with van der Waals surface area (Å²) in [6.45, 7) is 7.27. The SMILES string of the molecule is CCCCc1ncccc1OCC(C)C. The van der Waals surface area contributed by atoms with Crippen LogP contribution in [0.5, 0.6) is 5.75 Å². The fraction of sp³-hybridized carbons (Fsp3) is 0.615. The molecule has 0 unspecified atom stereocenters. The van der Waals surface area contributed by atoms with E-state index in [1.165, 1.54) is 12.8 Å². The predicted molar refractivity (Wildman–Crippen MR) is 63.2 cm³/mol. The van der Waals surface area contributed by atoms with E-state index >= 15 is 0 Å². The molecule has 0 aliphatic heterocycles. The summed E-state index contributed by atoms with van der Waals surface area (Å²) in [5, 5.41) is 0. The Kier molecular flexibility index (Phi) is 5.16. The summed E-state index contributed by atoms with van der Waals surface area (Å²) in [6.07, 6.45) is 5.23. The van der Waals surface area contributed by atoms with Gasteiger partial charge in [-0.1, -0.05) is 27.2 Å². The third kappa shape index (κ3) is 4.32. The highest BCUT2D eigenvalue weighted by Gasteiger charge is 2.04. The fourth-order valence-corrected chi connectivity index (χ4v) is 1.34. The number of hydrogen-bond donors (Lipinski definition) is 0. The highest BCUT2D eigenvalue weighted by atomic mass is 16.5. The van der Waals surface area contributed by atoms with E-state index in [1.807, 2.05) is 18.3 Å². The van der Waals surface area contributed by atoms with E-state index in [0.717, 1.165) is 24.5 Å². The minimum Gasteiger partial charge on any atom is -0.491 e. The van der Waals surface area contributed by atoms with Crippen molar-refractivity contribution in [3.05, 3.63) is 24.0 Å². The Balaban J connectivity index is 2.59. The van der Waals surface area contributed by atoms with E-state index in [-0.39, 0.29) is 0 Å². The summed E-state index contributed by atoms with van der Waals surface area (Å²) in [5.74, 6) is 1.52. The maximum Gasteiger partial charge on any atom is 0.140 e. The molecule has 0 fully saturated rings. The van der Waals surface area contributed by atoms with Gasteiger partial charge in [0.2, 0.25) is 0 Å². The van der Waals surface area contributed by atoms with Crippen molar-refractivity contribution in [2.75, 3.05) is 6.61 Å². The van der Waals surface area contributed by atoms with Crippen LogP contribution in [-0.2, 0) is 6.42 Å². The highest BCUT2D eigenvalue weighted by molar-refractivity contribution is 5.26. The molecular weight excluding hydrogens is 186 g/mol. The van der Waals surface area contributed by atoms with Gasteiger partial charge in [-0.2, -0.15) is 0 Å². The topological polar surface area (TPSA) is 22.1 Å². The van der Waals surface area contributed by atoms with Crippen LogP contribution in [0.4, 0.5) is 0 Å². The third-order valence-electron chi connectivity index (χ3n) is 2.19. The Morgan fingerprint density at radius 2 is 2.20 bits per heavy atom. The zero-order valence-electron chi connectivity index (χ0n) is 9.99. The summed E-state index contributed by atoms with van der Waals surface area (Å²) < 4.78 is 5.73. The van der Waals surface area contributed by atoms with E-state index in [4.69, 9.17) is 4.74 Å². The molecule has 0 aromatic carbocycles. The lowest BCUT2D eigenvalue weighted by Gasteiger charge is -2.11.